The lowest BCUT2D eigenvalue weighted by atomic mass is 9.89. The van der Waals surface area contributed by atoms with E-state index in [0.29, 0.717) is 12.3 Å². The number of ether oxygens (including phenoxy) is 1. The number of amides is 1. The highest BCUT2D eigenvalue weighted by atomic mass is 16.5. The van der Waals surface area contributed by atoms with Gasteiger partial charge in [-0.1, -0.05) is 37.3 Å². The van der Waals surface area contributed by atoms with Gasteiger partial charge in [0.1, 0.15) is 0 Å². The molecule has 6 heteroatoms. The number of rotatable bonds is 6. The standard InChI is InChI=1S/C22H34N4O2/c1-3-20(27)26-13-12-19(16-26)25-22(23-4-2)24-15-18-11-8-14-28-21(18)17-9-6-5-7-10-17/h5-7,9-10,18-19,21H,3-4,8,11-16H2,1-2H3,(H2,23,24,25). The first-order chi connectivity index (χ1) is 13.7. The van der Waals surface area contributed by atoms with Crippen LogP contribution >= 0.6 is 0 Å². The minimum Gasteiger partial charge on any atom is -0.373 e. The van der Waals surface area contributed by atoms with Crippen molar-refractivity contribution >= 4 is 11.9 Å². The second-order valence-electron chi connectivity index (χ2n) is 7.65. The van der Waals surface area contributed by atoms with Crippen LogP contribution in [0.25, 0.3) is 0 Å². The van der Waals surface area contributed by atoms with E-state index >= 15 is 0 Å². The zero-order valence-corrected chi connectivity index (χ0v) is 17.2. The van der Waals surface area contributed by atoms with E-state index in [0.717, 1.165) is 58.0 Å². The molecule has 0 saturated carbocycles. The maximum absolute atomic E-state index is 11.9. The molecular weight excluding hydrogens is 352 g/mol. The third-order valence-corrected chi connectivity index (χ3v) is 5.59. The van der Waals surface area contributed by atoms with Crippen molar-refractivity contribution in [2.45, 2.75) is 51.7 Å². The Hall–Kier alpha value is -2.08. The largest absolute Gasteiger partial charge is 0.373 e. The van der Waals surface area contributed by atoms with Gasteiger partial charge < -0.3 is 20.3 Å². The smallest absolute Gasteiger partial charge is 0.222 e. The molecule has 3 atom stereocenters. The van der Waals surface area contributed by atoms with Crippen LogP contribution in [-0.2, 0) is 9.53 Å². The lowest BCUT2D eigenvalue weighted by molar-refractivity contribution is -0.129. The Morgan fingerprint density at radius 3 is 2.82 bits per heavy atom. The molecule has 1 amide bonds. The molecule has 0 aliphatic carbocycles. The maximum Gasteiger partial charge on any atom is 0.222 e. The van der Waals surface area contributed by atoms with Gasteiger partial charge in [0.2, 0.25) is 5.91 Å². The van der Waals surface area contributed by atoms with Crippen molar-refractivity contribution in [1.29, 1.82) is 0 Å². The van der Waals surface area contributed by atoms with Crippen molar-refractivity contribution < 1.29 is 9.53 Å². The summed E-state index contributed by atoms with van der Waals surface area (Å²) in [5.41, 5.74) is 1.24. The monoisotopic (exact) mass is 386 g/mol. The van der Waals surface area contributed by atoms with E-state index in [1.807, 2.05) is 17.9 Å². The van der Waals surface area contributed by atoms with Gasteiger partial charge >= 0.3 is 0 Å². The van der Waals surface area contributed by atoms with Gasteiger partial charge in [-0.2, -0.15) is 0 Å². The number of benzene rings is 1. The van der Waals surface area contributed by atoms with Gasteiger partial charge in [0.05, 0.1) is 6.10 Å². The summed E-state index contributed by atoms with van der Waals surface area (Å²) in [6, 6.07) is 10.7. The van der Waals surface area contributed by atoms with E-state index in [1.54, 1.807) is 0 Å². The predicted molar refractivity (Wildman–Crippen MR) is 112 cm³/mol. The fourth-order valence-corrected chi connectivity index (χ4v) is 4.09. The minimum atomic E-state index is 0.116. The highest BCUT2D eigenvalue weighted by Crippen LogP contribution is 2.33. The summed E-state index contributed by atoms with van der Waals surface area (Å²) in [5.74, 6) is 1.46. The highest BCUT2D eigenvalue weighted by molar-refractivity contribution is 5.80. The number of nitrogens with one attached hydrogen (secondary N) is 2. The van der Waals surface area contributed by atoms with Crippen LogP contribution in [0.1, 0.15) is 51.2 Å². The molecule has 3 rings (SSSR count). The molecule has 1 aromatic rings. The number of guanidine groups is 1. The maximum atomic E-state index is 11.9. The van der Waals surface area contributed by atoms with Crippen molar-refractivity contribution in [2.75, 3.05) is 32.8 Å². The predicted octanol–water partition coefficient (Wildman–Crippen LogP) is 2.72. The molecule has 6 nitrogen and oxygen atoms in total. The quantitative estimate of drug-likeness (QED) is 0.583. The van der Waals surface area contributed by atoms with Crippen LogP contribution < -0.4 is 10.6 Å². The second kappa shape index (κ2) is 10.5. The van der Waals surface area contributed by atoms with Crippen molar-refractivity contribution in [1.82, 2.24) is 15.5 Å². The van der Waals surface area contributed by atoms with Gasteiger partial charge in [-0.25, -0.2) is 0 Å². The van der Waals surface area contributed by atoms with Gasteiger partial charge in [0, 0.05) is 51.2 Å². The topological polar surface area (TPSA) is 66.0 Å². The van der Waals surface area contributed by atoms with Gasteiger partial charge in [-0.15, -0.1) is 0 Å². The molecule has 0 radical (unpaired) electrons. The Morgan fingerprint density at radius 1 is 1.25 bits per heavy atom. The van der Waals surface area contributed by atoms with Crippen LogP contribution in [0.4, 0.5) is 0 Å². The van der Waals surface area contributed by atoms with Crippen LogP contribution in [0, 0.1) is 5.92 Å². The number of carbonyl (C=O) groups excluding carboxylic acids is 1. The molecule has 2 N–H and O–H groups in total. The van der Waals surface area contributed by atoms with Crippen molar-refractivity contribution in [3.8, 4) is 0 Å². The molecule has 154 valence electrons. The molecule has 2 heterocycles. The zero-order chi connectivity index (χ0) is 19.8. The Labute approximate surface area is 168 Å². The zero-order valence-electron chi connectivity index (χ0n) is 17.2. The number of carbonyl (C=O) groups is 1. The van der Waals surface area contributed by atoms with Gasteiger partial charge in [-0.05, 0) is 31.7 Å². The molecule has 3 unspecified atom stereocenters. The summed E-state index contributed by atoms with van der Waals surface area (Å²) in [6.07, 6.45) is 3.87. The van der Waals surface area contributed by atoms with Gasteiger partial charge in [0.15, 0.2) is 5.96 Å². The van der Waals surface area contributed by atoms with Crippen molar-refractivity contribution in [3.63, 3.8) is 0 Å². The fraction of sp³-hybridized carbons (Fsp3) is 0.636. The first-order valence-corrected chi connectivity index (χ1v) is 10.7. The number of hydrogen-bond acceptors (Lipinski definition) is 3. The molecule has 2 saturated heterocycles. The third kappa shape index (κ3) is 5.47. The van der Waals surface area contributed by atoms with E-state index in [-0.39, 0.29) is 18.1 Å². The molecule has 2 aliphatic heterocycles. The number of aliphatic imine (C=N–C) groups is 1. The van der Waals surface area contributed by atoms with Crippen molar-refractivity contribution in [2.24, 2.45) is 10.9 Å². The Bertz CT molecular complexity index is 649. The van der Waals surface area contributed by atoms with Crippen LogP contribution in [0.2, 0.25) is 0 Å². The Kier molecular flexibility index (Phi) is 7.71. The third-order valence-electron chi connectivity index (χ3n) is 5.59. The van der Waals surface area contributed by atoms with Crippen LogP contribution in [0.15, 0.2) is 35.3 Å². The van der Waals surface area contributed by atoms with Crippen molar-refractivity contribution in [3.05, 3.63) is 35.9 Å². The molecule has 2 fully saturated rings. The lowest BCUT2D eigenvalue weighted by Crippen LogP contribution is -2.45. The number of nitrogens with zero attached hydrogens (tertiary/aromatic N) is 2. The van der Waals surface area contributed by atoms with E-state index in [9.17, 15) is 4.79 Å². The molecule has 1 aromatic carbocycles. The van der Waals surface area contributed by atoms with Gasteiger partial charge in [-0.3, -0.25) is 9.79 Å². The molecular formula is C22H34N4O2. The normalized spacial score (nSPS) is 25.6. The number of hydrogen-bond donors (Lipinski definition) is 2. The fourth-order valence-electron chi connectivity index (χ4n) is 4.09. The molecule has 2 aliphatic rings. The summed E-state index contributed by atoms with van der Waals surface area (Å²) < 4.78 is 6.10. The number of likely N-dealkylation sites (tertiary alicyclic amines) is 1. The van der Waals surface area contributed by atoms with Crippen LogP contribution in [0.3, 0.4) is 0 Å². The first kappa shape index (κ1) is 20.6. The van der Waals surface area contributed by atoms with Crippen LogP contribution in [0.5, 0.6) is 0 Å². The summed E-state index contributed by atoms with van der Waals surface area (Å²) in [7, 11) is 0. The summed E-state index contributed by atoms with van der Waals surface area (Å²) >= 11 is 0. The molecule has 28 heavy (non-hydrogen) atoms. The highest BCUT2D eigenvalue weighted by Gasteiger charge is 2.28. The van der Waals surface area contributed by atoms with Crippen LogP contribution in [-0.4, -0.2) is 55.6 Å². The van der Waals surface area contributed by atoms with E-state index < -0.39 is 0 Å². The molecule has 0 spiro atoms. The summed E-state index contributed by atoms with van der Waals surface area (Å²) in [5, 5.41) is 6.88. The van der Waals surface area contributed by atoms with E-state index in [1.165, 1.54) is 5.56 Å². The SMILES string of the molecule is CCNC(=NCC1CCCOC1c1ccccc1)NC1CCN(C(=O)CC)C1. The van der Waals surface area contributed by atoms with E-state index in [4.69, 9.17) is 9.73 Å². The second-order valence-corrected chi connectivity index (χ2v) is 7.65. The summed E-state index contributed by atoms with van der Waals surface area (Å²) in [4.78, 5) is 18.7. The summed E-state index contributed by atoms with van der Waals surface area (Å²) in [6.45, 7) is 7.96. The lowest BCUT2D eigenvalue weighted by Gasteiger charge is -2.31. The Balaban J connectivity index is 1.61. The Morgan fingerprint density at radius 2 is 2.07 bits per heavy atom. The molecule has 0 bridgehead atoms. The average molecular weight is 387 g/mol. The van der Waals surface area contributed by atoms with Gasteiger partial charge in [0.25, 0.3) is 0 Å². The first-order valence-electron chi connectivity index (χ1n) is 10.7. The minimum absolute atomic E-state index is 0.116. The average Bonchev–Trinajstić information content (AvgIpc) is 3.21. The molecule has 0 aromatic heterocycles. The van der Waals surface area contributed by atoms with E-state index in [2.05, 4.69) is 41.8 Å².